The maximum absolute atomic E-state index is 12.4. The Morgan fingerprint density at radius 3 is 2.29 bits per heavy atom. The van der Waals surface area contributed by atoms with E-state index in [0.29, 0.717) is 0 Å². The number of alkyl halides is 3. The number of ether oxygens (including phenoxy) is 1. The molecule has 1 N–H and O–H groups in total. The van der Waals surface area contributed by atoms with Crippen LogP contribution in [-0.4, -0.2) is 18.0 Å². The van der Waals surface area contributed by atoms with Gasteiger partial charge in [-0.15, -0.1) is 0 Å². The Morgan fingerprint density at radius 2 is 1.81 bits per heavy atom. The first-order valence-electron chi connectivity index (χ1n) is 6.46. The zero-order valence-corrected chi connectivity index (χ0v) is 11.2. The summed E-state index contributed by atoms with van der Waals surface area (Å²) in [4.78, 5) is 23.2. The van der Waals surface area contributed by atoms with Crippen LogP contribution in [0, 0.1) is 5.92 Å². The number of carbonyl (C=O) groups is 2. The summed E-state index contributed by atoms with van der Waals surface area (Å²) < 4.78 is 42.1. The van der Waals surface area contributed by atoms with Gasteiger partial charge in [-0.2, -0.15) is 13.2 Å². The van der Waals surface area contributed by atoms with Crippen LogP contribution in [0.15, 0.2) is 24.3 Å². The van der Waals surface area contributed by atoms with E-state index in [4.69, 9.17) is 4.74 Å². The van der Waals surface area contributed by atoms with Crippen molar-refractivity contribution in [2.45, 2.75) is 32.0 Å². The summed E-state index contributed by atoms with van der Waals surface area (Å²) in [5.74, 6) is -1.11. The van der Waals surface area contributed by atoms with Gasteiger partial charge in [0, 0.05) is 5.69 Å². The third kappa shape index (κ3) is 4.21. The van der Waals surface area contributed by atoms with Crippen molar-refractivity contribution in [3.63, 3.8) is 0 Å². The molecule has 1 amide bonds. The van der Waals surface area contributed by atoms with Gasteiger partial charge in [0.1, 0.15) is 0 Å². The number of halogens is 3. The molecule has 7 heteroatoms. The monoisotopic (exact) mass is 301 g/mol. The molecule has 2 rings (SSSR count). The van der Waals surface area contributed by atoms with Gasteiger partial charge < -0.3 is 10.1 Å². The lowest BCUT2D eigenvalue weighted by atomic mass is 10.2. The molecule has 114 valence electrons. The van der Waals surface area contributed by atoms with Gasteiger partial charge in [-0.25, -0.2) is 0 Å². The molecule has 0 aliphatic heterocycles. The first-order valence-corrected chi connectivity index (χ1v) is 6.46. The Labute approximate surface area is 119 Å². The number of esters is 1. The van der Waals surface area contributed by atoms with Crippen molar-refractivity contribution in [1.82, 2.24) is 0 Å². The molecule has 21 heavy (non-hydrogen) atoms. The largest absolute Gasteiger partial charge is 0.452 e. The minimum absolute atomic E-state index is 0.119. The Bertz CT molecular complexity index is 535. The van der Waals surface area contributed by atoms with Crippen LogP contribution >= 0.6 is 0 Å². The standard InChI is InChI=1S/C14H14F3NO3/c1-8(21-13(20)9-2-3-9)12(19)18-11-6-4-10(5-7-11)14(15,16)17/h4-9H,2-3H2,1H3,(H,18,19)/t8-/m1/s1. The number of rotatable bonds is 4. The fraction of sp³-hybridized carbons (Fsp3) is 0.429. The second kappa shape index (κ2) is 5.75. The lowest BCUT2D eigenvalue weighted by Gasteiger charge is -2.14. The predicted octanol–water partition coefficient (Wildman–Crippen LogP) is 2.99. The van der Waals surface area contributed by atoms with Gasteiger partial charge in [-0.1, -0.05) is 0 Å². The topological polar surface area (TPSA) is 55.4 Å². The predicted molar refractivity (Wildman–Crippen MR) is 68.4 cm³/mol. The number of nitrogens with one attached hydrogen (secondary N) is 1. The first kappa shape index (κ1) is 15.3. The maximum atomic E-state index is 12.4. The molecule has 0 heterocycles. The van der Waals surface area contributed by atoms with Crippen LogP contribution in [-0.2, 0) is 20.5 Å². The molecule has 0 bridgehead atoms. The van der Waals surface area contributed by atoms with E-state index in [9.17, 15) is 22.8 Å². The first-order chi connectivity index (χ1) is 9.77. The molecule has 1 fully saturated rings. The molecule has 1 aliphatic carbocycles. The Hall–Kier alpha value is -2.05. The van der Waals surface area contributed by atoms with E-state index in [0.717, 1.165) is 37.1 Å². The van der Waals surface area contributed by atoms with E-state index in [2.05, 4.69) is 5.32 Å². The maximum Gasteiger partial charge on any atom is 0.416 e. The number of hydrogen-bond acceptors (Lipinski definition) is 3. The molecule has 1 aliphatic rings. The average Bonchev–Trinajstić information content (AvgIpc) is 3.22. The molecular formula is C14H14F3NO3. The quantitative estimate of drug-likeness (QED) is 0.870. The SMILES string of the molecule is C[C@@H](OC(=O)C1CC1)C(=O)Nc1ccc(C(F)(F)F)cc1. The van der Waals surface area contributed by atoms with E-state index in [1.807, 2.05) is 0 Å². The van der Waals surface area contributed by atoms with Crippen molar-refractivity contribution >= 4 is 17.6 Å². The van der Waals surface area contributed by atoms with Gasteiger partial charge in [0.2, 0.25) is 0 Å². The van der Waals surface area contributed by atoms with Crippen LogP contribution in [0.5, 0.6) is 0 Å². The van der Waals surface area contributed by atoms with Crippen LogP contribution in [0.2, 0.25) is 0 Å². The minimum Gasteiger partial charge on any atom is -0.452 e. The zero-order chi connectivity index (χ0) is 15.6. The molecular weight excluding hydrogens is 287 g/mol. The van der Waals surface area contributed by atoms with Crippen LogP contribution in [0.3, 0.4) is 0 Å². The summed E-state index contributed by atoms with van der Waals surface area (Å²) in [5.41, 5.74) is -0.587. The van der Waals surface area contributed by atoms with E-state index in [1.54, 1.807) is 0 Å². The Morgan fingerprint density at radius 1 is 1.24 bits per heavy atom. The van der Waals surface area contributed by atoms with Crippen molar-refractivity contribution in [1.29, 1.82) is 0 Å². The summed E-state index contributed by atoms with van der Waals surface area (Å²) in [6.45, 7) is 1.42. The minimum atomic E-state index is -4.42. The van der Waals surface area contributed by atoms with Gasteiger partial charge in [-0.3, -0.25) is 9.59 Å². The Balaban J connectivity index is 1.91. The molecule has 4 nitrogen and oxygen atoms in total. The highest BCUT2D eigenvalue weighted by molar-refractivity contribution is 5.95. The number of amides is 1. The smallest absolute Gasteiger partial charge is 0.416 e. The third-order valence-corrected chi connectivity index (χ3v) is 3.05. The number of hydrogen-bond donors (Lipinski definition) is 1. The van der Waals surface area contributed by atoms with E-state index < -0.39 is 29.7 Å². The highest BCUT2D eigenvalue weighted by Crippen LogP contribution is 2.31. The lowest BCUT2D eigenvalue weighted by molar-refractivity contribution is -0.154. The van der Waals surface area contributed by atoms with Crippen LogP contribution in [0.4, 0.5) is 18.9 Å². The molecule has 1 aromatic rings. The van der Waals surface area contributed by atoms with Crippen LogP contribution < -0.4 is 5.32 Å². The van der Waals surface area contributed by atoms with Gasteiger partial charge >= 0.3 is 12.1 Å². The normalized spacial score (nSPS) is 16.2. The van der Waals surface area contributed by atoms with Gasteiger partial charge in [0.05, 0.1) is 11.5 Å². The number of anilines is 1. The molecule has 1 saturated carbocycles. The molecule has 0 spiro atoms. The van der Waals surface area contributed by atoms with Crippen molar-refractivity contribution in [3.8, 4) is 0 Å². The molecule has 0 saturated heterocycles. The second-order valence-electron chi connectivity index (χ2n) is 4.92. The molecule has 1 atom stereocenters. The third-order valence-electron chi connectivity index (χ3n) is 3.05. The molecule has 0 aromatic heterocycles. The van der Waals surface area contributed by atoms with Crippen LogP contribution in [0.25, 0.3) is 0 Å². The van der Waals surface area contributed by atoms with Crippen molar-refractivity contribution in [2.24, 2.45) is 5.92 Å². The molecule has 0 unspecified atom stereocenters. The van der Waals surface area contributed by atoms with Gasteiger partial charge in [-0.05, 0) is 44.0 Å². The van der Waals surface area contributed by atoms with Gasteiger partial charge in [0.25, 0.3) is 5.91 Å². The van der Waals surface area contributed by atoms with E-state index in [1.165, 1.54) is 6.92 Å². The molecule has 0 radical (unpaired) electrons. The number of carbonyl (C=O) groups excluding carboxylic acids is 2. The average molecular weight is 301 g/mol. The van der Waals surface area contributed by atoms with Crippen LogP contribution in [0.1, 0.15) is 25.3 Å². The second-order valence-corrected chi connectivity index (χ2v) is 4.92. The van der Waals surface area contributed by atoms with E-state index in [-0.39, 0.29) is 11.6 Å². The van der Waals surface area contributed by atoms with Gasteiger partial charge in [0.15, 0.2) is 6.10 Å². The van der Waals surface area contributed by atoms with Crippen molar-refractivity contribution < 1.29 is 27.5 Å². The summed E-state index contributed by atoms with van der Waals surface area (Å²) >= 11 is 0. The highest BCUT2D eigenvalue weighted by atomic mass is 19.4. The fourth-order valence-electron chi connectivity index (χ4n) is 1.63. The fourth-order valence-corrected chi connectivity index (χ4v) is 1.63. The molecule has 1 aromatic carbocycles. The summed E-state index contributed by atoms with van der Waals surface area (Å²) in [7, 11) is 0. The summed E-state index contributed by atoms with van der Waals surface area (Å²) in [6.07, 6.45) is -3.87. The van der Waals surface area contributed by atoms with Crippen molar-refractivity contribution in [3.05, 3.63) is 29.8 Å². The highest BCUT2D eigenvalue weighted by Gasteiger charge is 2.33. The number of benzene rings is 1. The van der Waals surface area contributed by atoms with Crippen molar-refractivity contribution in [2.75, 3.05) is 5.32 Å². The van der Waals surface area contributed by atoms with E-state index >= 15 is 0 Å². The summed E-state index contributed by atoms with van der Waals surface area (Å²) in [5, 5.41) is 2.40. The summed E-state index contributed by atoms with van der Waals surface area (Å²) in [6, 6.07) is 4.04. The Kier molecular flexibility index (Phi) is 4.20. The zero-order valence-electron chi connectivity index (χ0n) is 11.2. The lowest BCUT2D eigenvalue weighted by Crippen LogP contribution is -2.30.